The van der Waals surface area contributed by atoms with Gasteiger partial charge in [0.15, 0.2) is 5.76 Å². The minimum atomic E-state index is -0.187. The van der Waals surface area contributed by atoms with E-state index in [-0.39, 0.29) is 5.91 Å². The SMILES string of the molecule is O=C(NCCN1CCOCC1)c1ccc2oc(-c3cc4cccn4cn3)cc(=NO)c2c1. The lowest BCUT2D eigenvalue weighted by atomic mass is 10.1. The molecule has 0 bridgehead atoms. The highest BCUT2D eigenvalue weighted by atomic mass is 16.5. The van der Waals surface area contributed by atoms with E-state index in [0.717, 1.165) is 38.4 Å². The third kappa shape index (κ3) is 4.08. The Kier molecular flexibility index (Phi) is 5.57. The van der Waals surface area contributed by atoms with Gasteiger partial charge in [0, 0.05) is 54.9 Å². The Labute approximate surface area is 183 Å². The second-order valence-corrected chi connectivity index (χ2v) is 7.63. The Morgan fingerprint density at radius 3 is 2.91 bits per heavy atom. The molecule has 0 spiro atoms. The number of ether oxygens (including phenoxy) is 1. The van der Waals surface area contributed by atoms with E-state index in [9.17, 15) is 10.0 Å². The second kappa shape index (κ2) is 8.81. The van der Waals surface area contributed by atoms with Crippen molar-refractivity contribution in [3.05, 3.63) is 65.9 Å². The molecule has 0 unspecified atom stereocenters. The predicted molar refractivity (Wildman–Crippen MR) is 117 cm³/mol. The molecule has 9 nitrogen and oxygen atoms in total. The number of hydrogen-bond acceptors (Lipinski definition) is 7. The van der Waals surface area contributed by atoms with Gasteiger partial charge in [0.05, 0.1) is 19.5 Å². The van der Waals surface area contributed by atoms with Crippen LogP contribution in [0, 0.1) is 0 Å². The van der Waals surface area contributed by atoms with Crippen LogP contribution in [0.15, 0.2) is 64.6 Å². The molecular weight excluding hydrogens is 410 g/mol. The number of fused-ring (bicyclic) bond motifs is 2. The van der Waals surface area contributed by atoms with Crippen molar-refractivity contribution in [3.8, 4) is 11.5 Å². The Hall–Kier alpha value is -3.69. The monoisotopic (exact) mass is 433 g/mol. The van der Waals surface area contributed by atoms with E-state index in [1.807, 2.05) is 28.8 Å². The number of nitrogens with one attached hydrogen (secondary N) is 1. The normalized spacial score (nSPS) is 15.4. The molecule has 0 atom stereocenters. The molecule has 0 aliphatic carbocycles. The molecule has 1 aliphatic rings. The molecule has 1 saturated heterocycles. The van der Waals surface area contributed by atoms with Crippen molar-refractivity contribution in [2.45, 2.75) is 0 Å². The van der Waals surface area contributed by atoms with Gasteiger partial charge in [-0.05, 0) is 36.4 Å². The van der Waals surface area contributed by atoms with Crippen molar-refractivity contribution >= 4 is 22.4 Å². The first kappa shape index (κ1) is 20.2. The van der Waals surface area contributed by atoms with Gasteiger partial charge >= 0.3 is 0 Å². The van der Waals surface area contributed by atoms with E-state index < -0.39 is 0 Å². The summed E-state index contributed by atoms with van der Waals surface area (Å²) >= 11 is 0. The number of nitrogens with zero attached hydrogens (tertiary/aromatic N) is 4. The van der Waals surface area contributed by atoms with Gasteiger partial charge in [-0.2, -0.15) is 0 Å². The van der Waals surface area contributed by atoms with Crippen LogP contribution < -0.4 is 10.7 Å². The van der Waals surface area contributed by atoms with E-state index in [1.165, 1.54) is 0 Å². The van der Waals surface area contributed by atoms with Gasteiger partial charge in [0.1, 0.15) is 16.6 Å². The average Bonchev–Trinajstić information content (AvgIpc) is 3.31. The van der Waals surface area contributed by atoms with E-state index in [2.05, 4.69) is 20.4 Å². The van der Waals surface area contributed by atoms with Crippen LogP contribution >= 0.6 is 0 Å². The third-order valence-electron chi connectivity index (χ3n) is 5.60. The van der Waals surface area contributed by atoms with E-state index in [0.29, 0.717) is 39.9 Å². The van der Waals surface area contributed by atoms with Gasteiger partial charge in [-0.15, -0.1) is 0 Å². The van der Waals surface area contributed by atoms with Gasteiger partial charge in [-0.3, -0.25) is 9.69 Å². The summed E-state index contributed by atoms with van der Waals surface area (Å²) in [5.74, 6) is 0.283. The minimum Gasteiger partial charge on any atom is -0.454 e. The number of carbonyl (C=O) groups is 1. The molecule has 164 valence electrons. The third-order valence-corrected chi connectivity index (χ3v) is 5.60. The van der Waals surface area contributed by atoms with Crippen LogP contribution in [0.5, 0.6) is 0 Å². The van der Waals surface area contributed by atoms with E-state index in [1.54, 1.807) is 30.6 Å². The zero-order valence-corrected chi connectivity index (χ0v) is 17.4. The lowest BCUT2D eigenvalue weighted by Crippen LogP contribution is -2.41. The summed E-state index contributed by atoms with van der Waals surface area (Å²) in [6.45, 7) is 4.54. The predicted octanol–water partition coefficient (Wildman–Crippen LogP) is 2.10. The first-order valence-electron chi connectivity index (χ1n) is 10.5. The molecule has 1 fully saturated rings. The second-order valence-electron chi connectivity index (χ2n) is 7.63. The quantitative estimate of drug-likeness (QED) is 0.369. The Bertz CT molecular complexity index is 1340. The number of rotatable bonds is 5. The molecule has 1 aromatic carbocycles. The van der Waals surface area contributed by atoms with Crippen molar-refractivity contribution < 1.29 is 19.2 Å². The maximum atomic E-state index is 12.6. The van der Waals surface area contributed by atoms with E-state index >= 15 is 0 Å². The summed E-state index contributed by atoms with van der Waals surface area (Å²) < 4.78 is 13.3. The molecule has 4 aromatic rings. The molecular formula is C23H23N5O4. The number of carbonyl (C=O) groups excluding carboxylic acids is 1. The number of benzene rings is 1. The maximum Gasteiger partial charge on any atom is 0.251 e. The highest BCUT2D eigenvalue weighted by Crippen LogP contribution is 2.22. The van der Waals surface area contributed by atoms with Gasteiger partial charge < -0.3 is 24.1 Å². The van der Waals surface area contributed by atoms with Crippen LogP contribution in [0.3, 0.4) is 0 Å². The number of aromatic nitrogens is 2. The summed E-state index contributed by atoms with van der Waals surface area (Å²) in [7, 11) is 0. The van der Waals surface area contributed by atoms with Crippen LogP contribution in [0.25, 0.3) is 27.9 Å². The fourth-order valence-electron chi connectivity index (χ4n) is 3.84. The van der Waals surface area contributed by atoms with Gasteiger partial charge in [-0.1, -0.05) is 5.16 Å². The first-order valence-corrected chi connectivity index (χ1v) is 10.5. The number of hydrogen-bond donors (Lipinski definition) is 2. The molecule has 5 rings (SSSR count). The summed E-state index contributed by atoms with van der Waals surface area (Å²) in [4.78, 5) is 19.3. The van der Waals surface area contributed by atoms with Crippen molar-refractivity contribution in [2.24, 2.45) is 5.16 Å². The molecule has 3 aromatic heterocycles. The average molecular weight is 433 g/mol. The fraction of sp³-hybridized carbons (Fsp3) is 0.261. The summed E-state index contributed by atoms with van der Waals surface area (Å²) in [6.07, 6.45) is 3.61. The molecule has 32 heavy (non-hydrogen) atoms. The zero-order valence-electron chi connectivity index (χ0n) is 17.4. The molecule has 1 aliphatic heterocycles. The van der Waals surface area contributed by atoms with Crippen LogP contribution in [0.2, 0.25) is 0 Å². The molecule has 1 amide bonds. The highest BCUT2D eigenvalue weighted by Gasteiger charge is 2.13. The Balaban J connectivity index is 1.38. The minimum absolute atomic E-state index is 0.187. The molecule has 9 heteroatoms. The lowest BCUT2D eigenvalue weighted by Gasteiger charge is -2.26. The van der Waals surface area contributed by atoms with Crippen molar-refractivity contribution in [1.82, 2.24) is 19.6 Å². The van der Waals surface area contributed by atoms with Crippen LogP contribution in [0.1, 0.15) is 10.4 Å². The smallest absolute Gasteiger partial charge is 0.251 e. The fourth-order valence-corrected chi connectivity index (χ4v) is 3.84. The molecule has 0 saturated carbocycles. The largest absolute Gasteiger partial charge is 0.454 e. The summed E-state index contributed by atoms with van der Waals surface area (Å²) in [5.41, 5.74) is 2.56. The van der Waals surface area contributed by atoms with Gasteiger partial charge in [-0.25, -0.2) is 4.98 Å². The zero-order chi connectivity index (χ0) is 21.9. The van der Waals surface area contributed by atoms with Crippen LogP contribution in [0.4, 0.5) is 0 Å². The maximum absolute atomic E-state index is 12.6. The summed E-state index contributed by atoms with van der Waals surface area (Å²) in [6, 6.07) is 12.5. The standard InChI is InChI=1S/C23H23N5O4/c29-23(24-5-7-27-8-10-31-11-9-27)16-3-4-21-18(12-16)19(26-30)14-22(32-21)20-13-17-2-1-6-28(17)15-25-20/h1-4,6,12-15,30H,5,7-11H2,(H,24,29). The lowest BCUT2D eigenvalue weighted by molar-refractivity contribution is 0.0383. The number of amides is 1. The molecule has 0 radical (unpaired) electrons. The molecule has 2 N–H and O–H groups in total. The topological polar surface area (TPSA) is 105 Å². The van der Waals surface area contributed by atoms with Gasteiger partial charge in [0.2, 0.25) is 0 Å². The first-order chi connectivity index (χ1) is 15.7. The Morgan fingerprint density at radius 1 is 1.19 bits per heavy atom. The number of morpholine rings is 1. The highest BCUT2D eigenvalue weighted by molar-refractivity contribution is 5.97. The van der Waals surface area contributed by atoms with Gasteiger partial charge in [0.25, 0.3) is 5.91 Å². The van der Waals surface area contributed by atoms with Crippen LogP contribution in [-0.4, -0.2) is 64.8 Å². The van der Waals surface area contributed by atoms with Crippen molar-refractivity contribution in [1.29, 1.82) is 0 Å². The van der Waals surface area contributed by atoms with E-state index in [4.69, 9.17) is 9.15 Å². The summed E-state index contributed by atoms with van der Waals surface area (Å²) in [5, 5.41) is 16.8. The van der Waals surface area contributed by atoms with Crippen molar-refractivity contribution in [3.63, 3.8) is 0 Å². The molecule has 4 heterocycles. The van der Waals surface area contributed by atoms with Crippen LogP contribution in [-0.2, 0) is 4.74 Å². The van der Waals surface area contributed by atoms with Crippen molar-refractivity contribution in [2.75, 3.05) is 39.4 Å². The Morgan fingerprint density at radius 2 is 2.06 bits per heavy atom.